The second kappa shape index (κ2) is 8.89. The minimum absolute atomic E-state index is 0.293. The van der Waals surface area contributed by atoms with Crippen LogP contribution < -0.4 is 20.1 Å². The maximum Gasteiger partial charge on any atom is 0.323 e. The fourth-order valence-electron chi connectivity index (χ4n) is 1.61. The van der Waals surface area contributed by atoms with E-state index in [1.165, 1.54) is 0 Å². The zero-order valence-electron chi connectivity index (χ0n) is 13.1. The highest BCUT2D eigenvalue weighted by molar-refractivity contribution is 5.90. The number of amides is 2. The van der Waals surface area contributed by atoms with Crippen molar-refractivity contribution in [1.82, 2.24) is 5.32 Å². The smallest absolute Gasteiger partial charge is 0.323 e. The number of rotatable bonds is 7. The van der Waals surface area contributed by atoms with Crippen LogP contribution in [0.3, 0.4) is 0 Å². The molecule has 2 amide bonds. The lowest BCUT2D eigenvalue weighted by Crippen LogP contribution is -2.23. The molecule has 5 nitrogen and oxygen atoms in total. The number of urea groups is 1. The molecule has 0 spiro atoms. The number of carbonyl (C=O) groups is 1. The molecule has 0 unspecified atom stereocenters. The minimum Gasteiger partial charge on any atom is -0.490 e. The molecule has 21 heavy (non-hydrogen) atoms. The van der Waals surface area contributed by atoms with E-state index in [4.69, 9.17) is 9.47 Å². The highest BCUT2D eigenvalue weighted by Crippen LogP contribution is 2.30. The third-order valence-electron chi connectivity index (χ3n) is 2.50. The Bertz CT molecular complexity index is 484. The second-order valence-corrected chi connectivity index (χ2v) is 4.73. The van der Waals surface area contributed by atoms with Gasteiger partial charge in [0, 0.05) is 18.0 Å². The molecule has 0 aliphatic carbocycles. The first-order chi connectivity index (χ1) is 10.1. The van der Waals surface area contributed by atoms with Crippen LogP contribution in [0.15, 0.2) is 30.5 Å². The number of hydrogen-bond donors (Lipinski definition) is 2. The number of hydrogen-bond acceptors (Lipinski definition) is 3. The average molecular weight is 292 g/mol. The third kappa shape index (κ3) is 6.21. The molecule has 2 N–H and O–H groups in total. The molecule has 0 heterocycles. The van der Waals surface area contributed by atoms with Crippen molar-refractivity contribution < 1.29 is 14.3 Å². The van der Waals surface area contributed by atoms with E-state index in [0.717, 1.165) is 0 Å². The number of nitrogens with one attached hydrogen (secondary N) is 2. The van der Waals surface area contributed by atoms with Crippen molar-refractivity contribution in [3.05, 3.63) is 30.5 Å². The molecule has 0 aliphatic heterocycles. The molecule has 1 aromatic rings. The molecule has 1 aromatic carbocycles. The highest BCUT2D eigenvalue weighted by Gasteiger charge is 2.07. The largest absolute Gasteiger partial charge is 0.490 e. The summed E-state index contributed by atoms with van der Waals surface area (Å²) in [4.78, 5) is 11.7. The zero-order chi connectivity index (χ0) is 15.7. The first-order valence-electron chi connectivity index (χ1n) is 7.20. The fourth-order valence-corrected chi connectivity index (χ4v) is 1.61. The van der Waals surface area contributed by atoms with Gasteiger partial charge in [-0.15, -0.1) is 0 Å². The lowest BCUT2D eigenvalue weighted by atomic mass is 10.2. The van der Waals surface area contributed by atoms with E-state index in [0.29, 0.717) is 36.3 Å². The first kappa shape index (κ1) is 16.9. The van der Waals surface area contributed by atoms with Crippen molar-refractivity contribution in [1.29, 1.82) is 0 Å². The molecule has 0 aliphatic rings. The van der Waals surface area contributed by atoms with Gasteiger partial charge in [-0.1, -0.05) is 19.9 Å². The second-order valence-electron chi connectivity index (χ2n) is 4.73. The van der Waals surface area contributed by atoms with E-state index in [9.17, 15) is 4.79 Å². The molecule has 5 heteroatoms. The predicted molar refractivity (Wildman–Crippen MR) is 84.9 cm³/mol. The minimum atomic E-state index is -0.293. The highest BCUT2D eigenvalue weighted by atomic mass is 16.5. The molecule has 1 rings (SSSR count). The summed E-state index contributed by atoms with van der Waals surface area (Å²) in [5.74, 6) is 1.68. The standard InChI is InChI=1S/C16H24N2O3/c1-5-20-14-8-7-13(11-15(14)21-6-2)18-16(19)17-10-9-12(3)4/h7-12H,5-6H2,1-4H3,(H2,17,18,19)/b10-9+. The van der Waals surface area contributed by atoms with Gasteiger partial charge in [-0.25, -0.2) is 4.79 Å². The summed E-state index contributed by atoms with van der Waals surface area (Å²) in [6.07, 6.45) is 3.54. The van der Waals surface area contributed by atoms with Gasteiger partial charge in [-0.3, -0.25) is 0 Å². The molecular formula is C16H24N2O3. The van der Waals surface area contributed by atoms with Crippen molar-refractivity contribution >= 4 is 11.7 Å². The van der Waals surface area contributed by atoms with Gasteiger partial charge in [-0.05, 0) is 31.9 Å². The predicted octanol–water partition coefficient (Wildman–Crippen LogP) is 3.78. The topological polar surface area (TPSA) is 59.6 Å². The van der Waals surface area contributed by atoms with Crippen molar-refractivity contribution in [2.75, 3.05) is 18.5 Å². The number of carbonyl (C=O) groups excluding carboxylic acids is 1. The Morgan fingerprint density at radius 1 is 1.19 bits per heavy atom. The third-order valence-corrected chi connectivity index (χ3v) is 2.50. The van der Waals surface area contributed by atoms with Gasteiger partial charge in [0.1, 0.15) is 0 Å². The summed E-state index contributed by atoms with van der Waals surface area (Å²) in [5.41, 5.74) is 0.650. The molecule has 0 atom stereocenters. The summed E-state index contributed by atoms with van der Waals surface area (Å²) < 4.78 is 11.0. The van der Waals surface area contributed by atoms with E-state index >= 15 is 0 Å². The summed E-state index contributed by atoms with van der Waals surface area (Å²) in [5, 5.41) is 5.40. The number of anilines is 1. The number of ether oxygens (including phenoxy) is 2. The lowest BCUT2D eigenvalue weighted by molar-refractivity contribution is 0.255. The molecular weight excluding hydrogens is 268 g/mol. The Morgan fingerprint density at radius 2 is 1.86 bits per heavy atom. The molecule has 0 bridgehead atoms. The van der Waals surface area contributed by atoms with Gasteiger partial charge in [0.15, 0.2) is 11.5 Å². The Kier molecular flexibility index (Phi) is 7.15. The fraction of sp³-hybridized carbons (Fsp3) is 0.438. The molecule has 0 fully saturated rings. The van der Waals surface area contributed by atoms with Crippen LogP contribution in [0.25, 0.3) is 0 Å². The normalized spacial score (nSPS) is 10.7. The van der Waals surface area contributed by atoms with E-state index in [-0.39, 0.29) is 6.03 Å². The molecule has 0 radical (unpaired) electrons. The van der Waals surface area contributed by atoms with Gasteiger partial charge < -0.3 is 20.1 Å². The van der Waals surface area contributed by atoms with Crippen LogP contribution in [-0.4, -0.2) is 19.2 Å². The van der Waals surface area contributed by atoms with Crippen molar-refractivity contribution in [3.8, 4) is 11.5 Å². The van der Waals surface area contributed by atoms with Crippen LogP contribution >= 0.6 is 0 Å². The van der Waals surface area contributed by atoms with Crippen LogP contribution in [0.5, 0.6) is 11.5 Å². The zero-order valence-corrected chi connectivity index (χ0v) is 13.1. The first-order valence-corrected chi connectivity index (χ1v) is 7.20. The number of allylic oxidation sites excluding steroid dienone is 1. The van der Waals surface area contributed by atoms with Gasteiger partial charge in [0.2, 0.25) is 0 Å². The maximum absolute atomic E-state index is 11.7. The quantitative estimate of drug-likeness (QED) is 0.804. The van der Waals surface area contributed by atoms with Crippen LogP contribution in [0.2, 0.25) is 0 Å². The molecule has 0 saturated carbocycles. The molecule has 116 valence electrons. The Morgan fingerprint density at radius 3 is 2.48 bits per heavy atom. The Labute approximate surface area is 126 Å². The lowest BCUT2D eigenvalue weighted by Gasteiger charge is -2.13. The van der Waals surface area contributed by atoms with Gasteiger partial charge >= 0.3 is 6.03 Å². The van der Waals surface area contributed by atoms with Gasteiger partial charge in [-0.2, -0.15) is 0 Å². The van der Waals surface area contributed by atoms with Crippen LogP contribution in [0, 0.1) is 5.92 Å². The van der Waals surface area contributed by atoms with E-state index in [2.05, 4.69) is 10.6 Å². The monoisotopic (exact) mass is 292 g/mol. The summed E-state index contributed by atoms with van der Waals surface area (Å²) in [6.45, 7) is 8.99. The summed E-state index contributed by atoms with van der Waals surface area (Å²) in [6, 6.07) is 5.02. The van der Waals surface area contributed by atoms with E-state index in [1.54, 1.807) is 24.4 Å². The Hall–Kier alpha value is -2.17. The van der Waals surface area contributed by atoms with E-state index in [1.807, 2.05) is 33.8 Å². The van der Waals surface area contributed by atoms with Crippen LogP contribution in [-0.2, 0) is 0 Å². The molecule has 0 aromatic heterocycles. The summed E-state index contributed by atoms with van der Waals surface area (Å²) in [7, 11) is 0. The van der Waals surface area contributed by atoms with Gasteiger partial charge in [0.05, 0.1) is 13.2 Å². The van der Waals surface area contributed by atoms with Crippen LogP contribution in [0.1, 0.15) is 27.7 Å². The van der Waals surface area contributed by atoms with Crippen molar-refractivity contribution in [2.24, 2.45) is 5.92 Å². The van der Waals surface area contributed by atoms with E-state index < -0.39 is 0 Å². The number of benzene rings is 1. The van der Waals surface area contributed by atoms with Gasteiger partial charge in [0.25, 0.3) is 0 Å². The van der Waals surface area contributed by atoms with Crippen molar-refractivity contribution in [3.63, 3.8) is 0 Å². The van der Waals surface area contributed by atoms with Crippen molar-refractivity contribution in [2.45, 2.75) is 27.7 Å². The summed E-state index contributed by atoms with van der Waals surface area (Å²) >= 11 is 0. The van der Waals surface area contributed by atoms with Crippen LogP contribution in [0.4, 0.5) is 10.5 Å². The molecule has 0 saturated heterocycles. The SMILES string of the molecule is CCOc1ccc(NC(=O)N/C=C/C(C)C)cc1OCC. The average Bonchev–Trinajstić information content (AvgIpc) is 2.41. The maximum atomic E-state index is 11.7. The Balaban J connectivity index is 2.70.